The number of benzene rings is 1. The van der Waals surface area contributed by atoms with Crippen molar-refractivity contribution in [3.05, 3.63) is 35.9 Å². The smallest absolute Gasteiger partial charge is 0.154 e. The van der Waals surface area contributed by atoms with Crippen LogP contribution in [0.25, 0.3) is 0 Å². The number of hydrogen-bond donors (Lipinski definition) is 0. The Kier molecular flexibility index (Phi) is 6.05. The summed E-state index contributed by atoms with van der Waals surface area (Å²) in [7, 11) is 0. The van der Waals surface area contributed by atoms with E-state index in [-0.39, 0.29) is 6.29 Å². The monoisotopic (exact) mass is 208 g/mol. The molecule has 1 atom stereocenters. The van der Waals surface area contributed by atoms with Crippen LogP contribution in [0.15, 0.2) is 30.3 Å². The lowest BCUT2D eigenvalue weighted by molar-refractivity contribution is -0.127. The van der Waals surface area contributed by atoms with Crippen molar-refractivity contribution in [2.75, 3.05) is 13.2 Å². The van der Waals surface area contributed by atoms with Crippen molar-refractivity contribution in [2.24, 2.45) is 0 Å². The molecule has 0 heterocycles. The van der Waals surface area contributed by atoms with E-state index in [1.165, 1.54) is 5.56 Å². The van der Waals surface area contributed by atoms with Gasteiger partial charge in [0.1, 0.15) is 0 Å². The van der Waals surface area contributed by atoms with Gasteiger partial charge in [-0.1, -0.05) is 30.3 Å². The summed E-state index contributed by atoms with van der Waals surface area (Å²) >= 11 is 0. The molecule has 0 radical (unpaired) electrons. The van der Waals surface area contributed by atoms with Crippen LogP contribution in [-0.4, -0.2) is 19.5 Å². The highest BCUT2D eigenvalue weighted by Crippen LogP contribution is 2.03. The molecule has 0 amide bonds. The van der Waals surface area contributed by atoms with Crippen molar-refractivity contribution >= 4 is 0 Å². The predicted molar refractivity (Wildman–Crippen MR) is 61.8 cm³/mol. The molecule has 84 valence electrons. The molecule has 1 aromatic rings. The van der Waals surface area contributed by atoms with E-state index in [0.29, 0.717) is 6.61 Å². The highest BCUT2D eigenvalue weighted by molar-refractivity contribution is 5.14. The van der Waals surface area contributed by atoms with E-state index in [0.717, 1.165) is 19.4 Å². The third kappa shape index (κ3) is 5.55. The topological polar surface area (TPSA) is 18.5 Å². The first-order valence-electron chi connectivity index (χ1n) is 5.60. The average Bonchev–Trinajstić information content (AvgIpc) is 2.26. The standard InChI is InChI=1S/C13H20O2/c1-3-14-12(2)15-11-7-10-13-8-5-4-6-9-13/h4-6,8-9,12H,3,7,10-11H2,1-2H3. The summed E-state index contributed by atoms with van der Waals surface area (Å²) in [4.78, 5) is 0. The van der Waals surface area contributed by atoms with Crippen molar-refractivity contribution < 1.29 is 9.47 Å². The predicted octanol–water partition coefficient (Wildman–Crippen LogP) is 3.02. The van der Waals surface area contributed by atoms with Gasteiger partial charge in [0.2, 0.25) is 0 Å². The zero-order valence-corrected chi connectivity index (χ0v) is 9.61. The molecule has 1 aromatic carbocycles. The van der Waals surface area contributed by atoms with Gasteiger partial charge in [0, 0.05) is 6.61 Å². The molecule has 0 fully saturated rings. The lowest BCUT2D eigenvalue weighted by Crippen LogP contribution is -2.13. The second kappa shape index (κ2) is 7.43. The summed E-state index contributed by atoms with van der Waals surface area (Å²) in [5, 5.41) is 0. The third-order valence-electron chi connectivity index (χ3n) is 2.21. The fourth-order valence-corrected chi connectivity index (χ4v) is 1.45. The molecule has 0 bridgehead atoms. The fourth-order valence-electron chi connectivity index (χ4n) is 1.45. The van der Waals surface area contributed by atoms with Gasteiger partial charge in [-0.05, 0) is 32.3 Å². The summed E-state index contributed by atoms with van der Waals surface area (Å²) in [6, 6.07) is 10.5. The zero-order valence-electron chi connectivity index (χ0n) is 9.61. The molecule has 1 unspecified atom stereocenters. The summed E-state index contributed by atoms with van der Waals surface area (Å²) in [5.41, 5.74) is 1.37. The summed E-state index contributed by atoms with van der Waals surface area (Å²) in [6.45, 7) is 5.38. The van der Waals surface area contributed by atoms with Gasteiger partial charge in [0.25, 0.3) is 0 Å². The van der Waals surface area contributed by atoms with Gasteiger partial charge in [-0.3, -0.25) is 0 Å². The maximum absolute atomic E-state index is 5.48. The van der Waals surface area contributed by atoms with Crippen molar-refractivity contribution in [3.8, 4) is 0 Å². The molecule has 0 N–H and O–H groups in total. The van der Waals surface area contributed by atoms with E-state index < -0.39 is 0 Å². The molecule has 0 aromatic heterocycles. The first kappa shape index (κ1) is 12.2. The van der Waals surface area contributed by atoms with Crippen molar-refractivity contribution in [1.82, 2.24) is 0 Å². The van der Waals surface area contributed by atoms with Gasteiger partial charge in [-0.2, -0.15) is 0 Å². The molecule has 0 aliphatic carbocycles. The van der Waals surface area contributed by atoms with Gasteiger partial charge >= 0.3 is 0 Å². The van der Waals surface area contributed by atoms with Crippen molar-refractivity contribution in [2.45, 2.75) is 33.0 Å². The molecular weight excluding hydrogens is 188 g/mol. The van der Waals surface area contributed by atoms with Gasteiger partial charge < -0.3 is 9.47 Å². The minimum absolute atomic E-state index is 0.0780. The molecule has 2 heteroatoms. The van der Waals surface area contributed by atoms with Crippen LogP contribution in [0.5, 0.6) is 0 Å². The second-order valence-electron chi connectivity index (χ2n) is 3.48. The molecule has 0 spiro atoms. The highest BCUT2D eigenvalue weighted by Gasteiger charge is 1.99. The van der Waals surface area contributed by atoms with Gasteiger partial charge in [-0.25, -0.2) is 0 Å². The largest absolute Gasteiger partial charge is 0.353 e. The van der Waals surface area contributed by atoms with Gasteiger partial charge in [0.15, 0.2) is 6.29 Å². The summed E-state index contributed by atoms with van der Waals surface area (Å²) < 4.78 is 10.8. The zero-order chi connectivity index (χ0) is 10.9. The molecular formula is C13H20O2. The van der Waals surface area contributed by atoms with E-state index in [1.807, 2.05) is 19.9 Å². The number of hydrogen-bond acceptors (Lipinski definition) is 2. The second-order valence-corrected chi connectivity index (χ2v) is 3.48. The Morgan fingerprint density at radius 3 is 2.53 bits per heavy atom. The minimum atomic E-state index is -0.0780. The molecule has 0 saturated heterocycles. The lowest BCUT2D eigenvalue weighted by atomic mass is 10.1. The highest BCUT2D eigenvalue weighted by atomic mass is 16.7. The minimum Gasteiger partial charge on any atom is -0.353 e. The van der Waals surface area contributed by atoms with Crippen LogP contribution >= 0.6 is 0 Å². The van der Waals surface area contributed by atoms with E-state index in [2.05, 4.69) is 24.3 Å². The first-order valence-corrected chi connectivity index (χ1v) is 5.60. The Hall–Kier alpha value is -0.860. The molecule has 0 aliphatic heterocycles. The maximum atomic E-state index is 5.48. The van der Waals surface area contributed by atoms with Crippen LogP contribution in [0.3, 0.4) is 0 Å². The molecule has 0 saturated carbocycles. The van der Waals surface area contributed by atoms with Crippen LogP contribution in [0.2, 0.25) is 0 Å². The van der Waals surface area contributed by atoms with Crippen LogP contribution < -0.4 is 0 Å². The van der Waals surface area contributed by atoms with Gasteiger partial charge in [0.05, 0.1) is 6.61 Å². The third-order valence-corrected chi connectivity index (χ3v) is 2.21. The van der Waals surface area contributed by atoms with Crippen LogP contribution in [0.4, 0.5) is 0 Å². The summed E-state index contributed by atoms with van der Waals surface area (Å²) in [5.74, 6) is 0. The van der Waals surface area contributed by atoms with Crippen LogP contribution in [0, 0.1) is 0 Å². The molecule has 2 nitrogen and oxygen atoms in total. The normalized spacial score (nSPS) is 12.7. The van der Waals surface area contributed by atoms with Crippen molar-refractivity contribution in [3.63, 3.8) is 0 Å². The van der Waals surface area contributed by atoms with Gasteiger partial charge in [-0.15, -0.1) is 0 Å². The average molecular weight is 208 g/mol. The first-order chi connectivity index (χ1) is 7.33. The fraction of sp³-hybridized carbons (Fsp3) is 0.538. The Labute approximate surface area is 92.2 Å². The van der Waals surface area contributed by atoms with E-state index in [9.17, 15) is 0 Å². The molecule has 1 rings (SSSR count). The maximum Gasteiger partial charge on any atom is 0.154 e. The molecule has 15 heavy (non-hydrogen) atoms. The van der Waals surface area contributed by atoms with Crippen LogP contribution in [0.1, 0.15) is 25.8 Å². The summed E-state index contributed by atoms with van der Waals surface area (Å²) in [6.07, 6.45) is 2.03. The Bertz CT molecular complexity index is 246. The quantitative estimate of drug-likeness (QED) is 0.506. The molecule has 0 aliphatic rings. The van der Waals surface area contributed by atoms with E-state index in [1.54, 1.807) is 0 Å². The van der Waals surface area contributed by atoms with Crippen molar-refractivity contribution in [1.29, 1.82) is 0 Å². The SMILES string of the molecule is CCOC(C)OCCCc1ccccc1. The van der Waals surface area contributed by atoms with E-state index >= 15 is 0 Å². The van der Waals surface area contributed by atoms with E-state index in [4.69, 9.17) is 9.47 Å². The number of aryl methyl sites for hydroxylation is 1. The van der Waals surface area contributed by atoms with Crippen LogP contribution in [-0.2, 0) is 15.9 Å². The number of ether oxygens (including phenoxy) is 2. The Morgan fingerprint density at radius 1 is 1.13 bits per heavy atom. The Balaban J connectivity index is 2.07. The number of rotatable bonds is 7. The lowest BCUT2D eigenvalue weighted by Gasteiger charge is -2.12. The Morgan fingerprint density at radius 2 is 1.87 bits per heavy atom.